The average molecular weight is 463 g/mol. The average Bonchev–Trinajstić information content (AvgIpc) is 3.30. The minimum atomic E-state index is -0.851. The molecule has 0 aliphatic carbocycles. The van der Waals surface area contributed by atoms with Crippen LogP contribution in [-0.2, 0) is 27.2 Å². The Hall–Kier alpha value is -3.45. The van der Waals surface area contributed by atoms with Crippen LogP contribution in [0.1, 0.15) is 34.6 Å². The molecule has 1 unspecified atom stereocenters. The van der Waals surface area contributed by atoms with E-state index in [1.165, 1.54) is 11.3 Å². The van der Waals surface area contributed by atoms with Crippen molar-refractivity contribution in [2.24, 2.45) is 5.92 Å². The summed E-state index contributed by atoms with van der Waals surface area (Å²) in [6, 6.07) is 18.2. The predicted molar refractivity (Wildman–Crippen MR) is 129 cm³/mol. The Morgan fingerprint density at radius 3 is 2.09 bits per heavy atom. The molecule has 2 aromatic carbocycles. The molecule has 33 heavy (non-hydrogen) atoms. The third-order valence-corrected chi connectivity index (χ3v) is 6.54. The zero-order valence-electron chi connectivity index (χ0n) is 18.6. The predicted octanol–water partition coefficient (Wildman–Crippen LogP) is 4.51. The number of ether oxygens (including phenoxy) is 1. The molecule has 0 saturated carbocycles. The number of rotatable bonds is 6. The highest BCUT2D eigenvalue weighted by atomic mass is 32.1. The molecule has 7 heteroatoms. The number of esters is 1. The van der Waals surface area contributed by atoms with Crippen molar-refractivity contribution in [3.8, 4) is 0 Å². The molecule has 0 fully saturated rings. The van der Waals surface area contributed by atoms with Crippen LogP contribution in [-0.4, -0.2) is 30.4 Å². The Balaban J connectivity index is 1.51. The fraction of sp³-hybridized carbons (Fsp3) is 0.269. The summed E-state index contributed by atoms with van der Waals surface area (Å²) in [6.07, 6.45) is 1.64. The van der Waals surface area contributed by atoms with Gasteiger partial charge in [-0.3, -0.25) is 14.5 Å². The topological polar surface area (TPSA) is 75.7 Å². The van der Waals surface area contributed by atoms with Gasteiger partial charge in [-0.05, 0) is 53.5 Å². The van der Waals surface area contributed by atoms with Crippen LogP contribution in [0.5, 0.6) is 0 Å². The summed E-state index contributed by atoms with van der Waals surface area (Å²) in [7, 11) is 0. The molecule has 0 bridgehead atoms. The number of hydrogen-bond donors (Lipinski definition) is 1. The number of nitrogens with one attached hydrogen (secondary N) is 1. The number of para-hydroxylation sites is 2. The number of carbonyl (C=O) groups excluding carboxylic acids is 3. The quantitative estimate of drug-likeness (QED) is 0.547. The zero-order valence-corrected chi connectivity index (χ0v) is 19.4. The second-order valence-electron chi connectivity index (χ2n) is 8.27. The maximum Gasteiger partial charge on any atom is 0.329 e. The van der Waals surface area contributed by atoms with E-state index in [0.717, 1.165) is 35.3 Å². The highest BCUT2D eigenvalue weighted by molar-refractivity contribution is 7.12. The van der Waals surface area contributed by atoms with E-state index in [1.54, 1.807) is 22.4 Å². The van der Waals surface area contributed by atoms with E-state index in [1.807, 2.05) is 62.4 Å². The van der Waals surface area contributed by atoms with Crippen molar-refractivity contribution in [3.63, 3.8) is 0 Å². The lowest BCUT2D eigenvalue weighted by molar-refractivity contribution is -0.150. The van der Waals surface area contributed by atoms with Crippen LogP contribution in [0.3, 0.4) is 0 Å². The second kappa shape index (κ2) is 10.0. The molecule has 0 spiro atoms. The molecular formula is C26H26N2O4S. The van der Waals surface area contributed by atoms with Gasteiger partial charge >= 0.3 is 5.97 Å². The van der Waals surface area contributed by atoms with Gasteiger partial charge in [0.15, 0.2) is 6.61 Å². The van der Waals surface area contributed by atoms with Crippen molar-refractivity contribution >= 4 is 40.5 Å². The maximum absolute atomic E-state index is 13.3. The lowest BCUT2D eigenvalue weighted by atomic mass is 10.0. The fourth-order valence-electron chi connectivity index (χ4n) is 3.95. The van der Waals surface area contributed by atoms with E-state index in [4.69, 9.17) is 4.74 Å². The molecule has 2 heterocycles. The van der Waals surface area contributed by atoms with Gasteiger partial charge in [0.1, 0.15) is 6.04 Å². The first-order valence-electron chi connectivity index (χ1n) is 11.0. The van der Waals surface area contributed by atoms with Crippen LogP contribution in [0.2, 0.25) is 0 Å². The van der Waals surface area contributed by atoms with E-state index in [-0.39, 0.29) is 17.7 Å². The summed E-state index contributed by atoms with van der Waals surface area (Å²) in [4.78, 5) is 40.8. The summed E-state index contributed by atoms with van der Waals surface area (Å²) in [5, 5.41) is 4.53. The number of nitrogens with zero attached hydrogens (tertiary/aromatic N) is 1. The monoisotopic (exact) mass is 462 g/mol. The standard InChI is InChI=1S/C26H26N2O4S/c1-17(2)24(27-25(30)22-12-7-15-33-22)26(31)32-16-23(29)28-20-10-5-3-8-18(20)13-14-19-9-4-6-11-21(19)28/h3-12,15,17,24H,13-14,16H2,1-2H3,(H,27,30). The molecule has 0 saturated heterocycles. The first-order valence-corrected chi connectivity index (χ1v) is 11.8. The lowest BCUT2D eigenvalue weighted by Crippen LogP contribution is -2.46. The summed E-state index contributed by atoms with van der Waals surface area (Å²) >= 11 is 1.30. The lowest BCUT2D eigenvalue weighted by Gasteiger charge is -2.26. The molecule has 3 aromatic rings. The van der Waals surface area contributed by atoms with E-state index in [0.29, 0.717) is 4.88 Å². The van der Waals surface area contributed by atoms with Gasteiger partial charge in [0, 0.05) is 0 Å². The molecule has 1 atom stereocenters. The first kappa shape index (κ1) is 22.7. The Bertz CT molecular complexity index is 1110. The molecule has 1 aliphatic rings. The SMILES string of the molecule is CC(C)C(NC(=O)c1cccs1)C(=O)OCC(=O)N1c2ccccc2CCc2ccccc21. The molecule has 2 amide bonds. The first-order chi connectivity index (χ1) is 16.0. The van der Waals surface area contributed by atoms with Crippen molar-refractivity contribution in [1.82, 2.24) is 5.32 Å². The number of anilines is 2. The Labute approximate surface area is 197 Å². The van der Waals surface area contributed by atoms with Gasteiger partial charge in [-0.1, -0.05) is 56.3 Å². The molecule has 170 valence electrons. The third-order valence-electron chi connectivity index (χ3n) is 5.67. The van der Waals surface area contributed by atoms with Crippen LogP contribution < -0.4 is 10.2 Å². The minimum Gasteiger partial charge on any atom is -0.454 e. The van der Waals surface area contributed by atoms with Gasteiger partial charge < -0.3 is 10.1 Å². The number of benzene rings is 2. The Morgan fingerprint density at radius 1 is 0.939 bits per heavy atom. The number of aryl methyl sites for hydroxylation is 2. The molecule has 4 rings (SSSR count). The normalized spacial score (nSPS) is 13.5. The van der Waals surface area contributed by atoms with Crippen LogP contribution in [0.15, 0.2) is 66.0 Å². The fourth-order valence-corrected chi connectivity index (χ4v) is 4.58. The van der Waals surface area contributed by atoms with E-state index < -0.39 is 18.6 Å². The molecule has 1 aromatic heterocycles. The van der Waals surface area contributed by atoms with Crippen LogP contribution in [0.4, 0.5) is 11.4 Å². The highest BCUT2D eigenvalue weighted by Gasteiger charge is 2.30. The van der Waals surface area contributed by atoms with Gasteiger partial charge in [-0.25, -0.2) is 4.79 Å². The third kappa shape index (κ3) is 4.98. The summed E-state index contributed by atoms with van der Waals surface area (Å²) < 4.78 is 5.43. The van der Waals surface area contributed by atoms with Crippen molar-refractivity contribution < 1.29 is 19.1 Å². The number of hydrogen-bond acceptors (Lipinski definition) is 5. The van der Waals surface area contributed by atoms with E-state index in [9.17, 15) is 14.4 Å². The van der Waals surface area contributed by atoms with Gasteiger partial charge in [0.2, 0.25) is 0 Å². The highest BCUT2D eigenvalue weighted by Crippen LogP contribution is 2.36. The molecule has 1 N–H and O–H groups in total. The zero-order chi connectivity index (χ0) is 23.4. The van der Waals surface area contributed by atoms with E-state index >= 15 is 0 Å². The number of amides is 2. The smallest absolute Gasteiger partial charge is 0.329 e. The van der Waals surface area contributed by atoms with Crippen molar-refractivity contribution in [2.75, 3.05) is 11.5 Å². The van der Waals surface area contributed by atoms with E-state index in [2.05, 4.69) is 5.32 Å². The number of thiophene rings is 1. The molecule has 6 nitrogen and oxygen atoms in total. The molecule has 1 aliphatic heterocycles. The summed E-state index contributed by atoms with van der Waals surface area (Å²) in [5.74, 6) is -1.49. The Kier molecular flexibility index (Phi) is 6.89. The van der Waals surface area contributed by atoms with Crippen molar-refractivity contribution in [1.29, 1.82) is 0 Å². The van der Waals surface area contributed by atoms with Gasteiger partial charge in [-0.2, -0.15) is 0 Å². The summed E-state index contributed by atoms with van der Waals surface area (Å²) in [5.41, 5.74) is 3.73. The van der Waals surface area contributed by atoms with Gasteiger partial charge in [0.25, 0.3) is 11.8 Å². The molecule has 0 radical (unpaired) electrons. The maximum atomic E-state index is 13.3. The minimum absolute atomic E-state index is 0.198. The van der Waals surface area contributed by atoms with Crippen LogP contribution in [0, 0.1) is 5.92 Å². The van der Waals surface area contributed by atoms with Gasteiger partial charge in [0.05, 0.1) is 16.3 Å². The van der Waals surface area contributed by atoms with Crippen LogP contribution >= 0.6 is 11.3 Å². The number of carbonyl (C=O) groups is 3. The van der Waals surface area contributed by atoms with Crippen LogP contribution in [0.25, 0.3) is 0 Å². The summed E-state index contributed by atoms with van der Waals surface area (Å²) in [6.45, 7) is 3.23. The second-order valence-corrected chi connectivity index (χ2v) is 9.21. The Morgan fingerprint density at radius 2 is 1.55 bits per heavy atom. The largest absolute Gasteiger partial charge is 0.454 e. The number of fused-ring (bicyclic) bond motifs is 2. The van der Waals surface area contributed by atoms with Gasteiger partial charge in [-0.15, -0.1) is 11.3 Å². The van der Waals surface area contributed by atoms with Crippen molar-refractivity contribution in [2.45, 2.75) is 32.7 Å². The molecular weight excluding hydrogens is 436 g/mol. The van der Waals surface area contributed by atoms with Crippen molar-refractivity contribution in [3.05, 3.63) is 82.0 Å².